The van der Waals surface area contributed by atoms with Crippen molar-refractivity contribution in [2.45, 2.75) is 58.7 Å². The fourth-order valence-electron chi connectivity index (χ4n) is 1.81. The van der Waals surface area contributed by atoms with Crippen molar-refractivity contribution in [1.29, 1.82) is 5.26 Å². The second-order valence-electron chi connectivity index (χ2n) is 7.26. The third kappa shape index (κ3) is 5.47. The zero-order valence-corrected chi connectivity index (χ0v) is 15.8. The molecule has 0 aliphatic heterocycles. The Kier molecular flexibility index (Phi) is 6.64. The molecule has 0 amide bonds. The molecule has 3 nitrogen and oxygen atoms in total. The molecule has 0 fully saturated rings. The SMILES string of the molecule is Cc1cc(C#N)ccc1OCCCCO[Si](C)(C)C(C)(C)C. The van der Waals surface area contributed by atoms with E-state index < -0.39 is 8.32 Å². The van der Waals surface area contributed by atoms with E-state index in [2.05, 4.69) is 39.9 Å². The van der Waals surface area contributed by atoms with Gasteiger partial charge in [-0.1, -0.05) is 20.8 Å². The first-order valence-electron chi connectivity index (χ1n) is 7.95. The maximum absolute atomic E-state index is 8.85. The summed E-state index contributed by atoms with van der Waals surface area (Å²) in [5.41, 5.74) is 1.68. The van der Waals surface area contributed by atoms with Crippen LogP contribution in [0.3, 0.4) is 0 Å². The number of nitriles is 1. The van der Waals surface area contributed by atoms with Crippen molar-refractivity contribution in [3.8, 4) is 11.8 Å². The first kappa shape index (κ1) is 18.7. The second kappa shape index (κ2) is 7.80. The lowest BCUT2D eigenvalue weighted by Gasteiger charge is -2.36. The van der Waals surface area contributed by atoms with Crippen LogP contribution >= 0.6 is 0 Å². The lowest BCUT2D eigenvalue weighted by molar-refractivity contribution is 0.251. The van der Waals surface area contributed by atoms with Crippen LogP contribution in [-0.4, -0.2) is 21.5 Å². The lowest BCUT2D eigenvalue weighted by Crippen LogP contribution is -2.41. The van der Waals surface area contributed by atoms with Crippen molar-refractivity contribution < 1.29 is 9.16 Å². The van der Waals surface area contributed by atoms with Gasteiger partial charge in [0.05, 0.1) is 18.2 Å². The minimum Gasteiger partial charge on any atom is -0.493 e. The summed E-state index contributed by atoms with van der Waals surface area (Å²) in [5, 5.41) is 9.11. The highest BCUT2D eigenvalue weighted by molar-refractivity contribution is 6.74. The summed E-state index contributed by atoms with van der Waals surface area (Å²) in [6, 6.07) is 7.66. The molecule has 22 heavy (non-hydrogen) atoms. The van der Waals surface area contributed by atoms with Crippen LogP contribution in [0.4, 0.5) is 0 Å². The molecular formula is C18H29NO2Si. The quantitative estimate of drug-likeness (QED) is 0.522. The van der Waals surface area contributed by atoms with Crippen LogP contribution in [0.2, 0.25) is 18.1 Å². The van der Waals surface area contributed by atoms with Crippen molar-refractivity contribution in [3.63, 3.8) is 0 Å². The summed E-state index contributed by atoms with van der Waals surface area (Å²) in [4.78, 5) is 0. The molecule has 0 aromatic heterocycles. The van der Waals surface area contributed by atoms with Gasteiger partial charge in [-0.3, -0.25) is 0 Å². The fraction of sp³-hybridized carbons (Fsp3) is 0.611. The summed E-state index contributed by atoms with van der Waals surface area (Å²) in [7, 11) is -1.62. The van der Waals surface area contributed by atoms with Crippen LogP contribution in [0.5, 0.6) is 5.75 Å². The molecule has 0 spiro atoms. The summed E-state index contributed by atoms with van der Waals surface area (Å²) < 4.78 is 11.9. The van der Waals surface area contributed by atoms with E-state index in [0.717, 1.165) is 30.8 Å². The maximum atomic E-state index is 8.85. The number of rotatable bonds is 7. The first-order valence-corrected chi connectivity index (χ1v) is 10.9. The molecule has 1 rings (SSSR count). The number of unbranched alkanes of at least 4 members (excludes halogenated alkanes) is 1. The van der Waals surface area contributed by atoms with Crippen molar-refractivity contribution in [2.24, 2.45) is 0 Å². The molecule has 0 unspecified atom stereocenters. The van der Waals surface area contributed by atoms with Gasteiger partial charge in [-0.25, -0.2) is 0 Å². The van der Waals surface area contributed by atoms with Crippen LogP contribution in [-0.2, 0) is 4.43 Å². The fourth-order valence-corrected chi connectivity index (χ4v) is 2.90. The first-order chi connectivity index (χ1) is 10.2. The number of aryl methyl sites for hydroxylation is 1. The molecule has 0 bridgehead atoms. The number of ether oxygens (including phenoxy) is 1. The van der Waals surface area contributed by atoms with Gasteiger partial charge >= 0.3 is 0 Å². The predicted molar refractivity (Wildman–Crippen MR) is 93.8 cm³/mol. The molecule has 0 aliphatic rings. The molecule has 0 saturated heterocycles. The maximum Gasteiger partial charge on any atom is 0.191 e. The van der Waals surface area contributed by atoms with Crippen LogP contribution in [0, 0.1) is 18.3 Å². The van der Waals surface area contributed by atoms with E-state index in [1.165, 1.54) is 0 Å². The normalized spacial score (nSPS) is 12.0. The molecule has 0 heterocycles. The molecule has 122 valence electrons. The average molecular weight is 320 g/mol. The summed E-state index contributed by atoms with van der Waals surface area (Å²) in [6.45, 7) is 14.8. The minimum atomic E-state index is -1.62. The van der Waals surface area contributed by atoms with Gasteiger partial charge in [-0.2, -0.15) is 5.26 Å². The van der Waals surface area contributed by atoms with E-state index in [9.17, 15) is 0 Å². The highest BCUT2D eigenvalue weighted by atomic mass is 28.4. The monoisotopic (exact) mass is 319 g/mol. The van der Waals surface area contributed by atoms with Crippen molar-refractivity contribution in [3.05, 3.63) is 29.3 Å². The highest BCUT2D eigenvalue weighted by Crippen LogP contribution is 2.36. The van der Waals surface area contributed by atoms with Gasteiger partial charge in [-0.05, 0) is 61.7 Å². The molecule has 1 aromatic rings. The molecule has 0 radical (unpaired) electrons. The van der Waals surface area contributed by atoms with Gasteiger partial charge in [0.1, 0.15) is 5.75 Å². The van der Waals surface area contributed by atoms with E-state index in [4.69, 9.17) is 14.4 Å². The third-order valence-electron chi connectivity index (χ3n) is 4.37. The molecule has 0 saturated carbocycles. The van der Waals surface area contributed by atoms with E-state index in [0.29, 0.717) is 12.2 Å². The molecule has 4 heteroatoms. The molecule has 0 aliphatic carbocycles. The van der Waals surface area contributed by atoms with E-state index in [-0.39, 0.29) is 5.04 Å². The van der Waals surface area contributed by atoms with Gasteiger partial charge in [-0.15, -0.1) is 0 Å². The van der Waals surface area contributed by atoms with Crippen LogP contribution < -0.4 is 4.74 Å². The third-order valence-corrected chi connectivity index (χ3v) is 8.91. The standard InChI is InChI=1S/C18H29NO2Si/c1-15-13-16(14-19)9-10-17(15)20-11-7-8-12-21-22(5,6)18(2,3)4/h9-10,13H,7-8,11-12H2,1-6H3. The van der Waals surface area contributed by atoms with Crippen LogP contribution in [0.15, 0.2) is 18.2 Å². The van der Waals surface area contributed by atoms with E-state index in [1.54, 1.807) is 6.07 Å². The summed E-state index contributed by atoms with van der Waals surface area (Å²) >= 11 is 0. The Morgan fingerprint density at radius 2 is 1.77 bits per heavy atom. The summed E-state index contributed by atoms with van der Waals surface area (Å²) in [6.07, 6.45) is 2.00. The van der Waals surface area contributed by atoms with Gasteiger partial charge < -0.3 is 9.16 Å². The average Bonchev–Trinajstić information content (AvgIpc) is 2.42. The Balaban J connectivity index is 2.28. The lowest BCUT2D eigenvalue weighted by atomic mass is 10.1. The molecule has 1 aromatic carbocycles. The molecule has 0 atom stereocenters. The Hall–Kier alpha value is -1.31. The minimum absolute atomic E-state index is 0.267. The van der Waals surface area contributed by atoms with Gasteiger partial charge in [0, 0.05) is 6.61 Å². The number of hydrogen-bond donors (Lipinski definition) is 0. The van der Waals surface area contributed by atoms with Crippen molar-refractivity contribution >= 4 is 8.32 Å². The number of hydrogen-bond acceptors (Lipinski definition) is 3. The van der Waals surface area contributed by atoms with Crippen molar-refractivity contribution in [2.75, 3.05) is 13.2 Å². The largest absolute Gasteiger partial charge is 0.493 e. The predicted octanol–water partition coefficient (Wildman–Crippen LogP) is 5.05. The smallest absolute Gasteiger partial charge is 0.191 e. The van der Waals surface area contributed by atoms with E-state index >= 15 is 0 Å². The molecular weight excluding hydrogens is 290 g/mol. The Labute approximate surface area is 136 Å². The van der Waals surface area contributed by atoms with Gasteiger partial charge in [0.15, 0.2) is 8.32 Å². The van der Waals surface area contributed by atoms with Crippen molar-refractivity contribution in [1.82, 2.24) is 0 Å². The second-order valence-corrected chi connectivity index (χ2v) is 12.1. The van der Waals surface area contributed by atoms with Gasteiger partial charge in [0.2, 0.25) is 0 Å². The van der Waals surface area contributed by atoms with Crippen LogP contribution in [0.25, 0.3) is 0 Å². The topological polar surface area (TPSA) is 42.2 Å². The van der Waals surface area contributed by atoms with E-state index in [1.807, 2.05) is 19.1 Å². The number of nitrogens with zero attached hydrogens (tertiary/aromatic N) is 1. The molecule has 0 N–H and O–H groups in total. The Morgan fingerprint density at radius 1 is 1.14 bits per heavy atom. The van der Waals surface area contributed by atoms with Crippen LogP contribution in [0.1, 0.15) is 44.7 Å². The zero-order chi connectivity index (χ0) is 16.8. The summed E-state index contributed by atoms with van der Waals surface area (Å²) in [5.74, 6) is 0.865. The Bertz CT molecular complexity index is 527. The Morgan fingerprint density at radius 3 is 2.32 bits per heavy atom. The number of benzene rings is 1. The zero-order valence-electron chi connectivity index (χ0n) is 14.8. The van der Waals surface area contributed by atoms with Gasteiger partial charge in [0.25, 0.3) is 0 Å². The highest BCUT2D eigenvalue weighted by Gasteiger charge is 2.36.